The number of hydrogen-bond acceptors (Lipinski definition) is 6. The van der Waals surface area contributed by atoms with Crippen molar-refractivity contribution >= 4 is 84.4 Å². The molecule has 0 fully saturated rings. The minimum atomic E-state index is -5.50. The minimum Gasteiger partial charge on any atom is -0.282 e. The molecule has 0 aliphatic rings. The van der Waals surface area contributed by atoms with Crippen LogP contribution in [0.25, 0.3) is 16.3 Å². The first-order valence-corrected chi connectivity index (χ1v) is 10.7. The summed E-state index contributed by atoms with van der Waals surface area (Å²) in [6.45, 7) is 4.79. The molecule has 0 atom stereocenters. The van der Waals surface area contributed by atoms with Crippen LogP contribution in [0, 0.1) is 0 Å². The van der Waals surface area contributed by atoms with Gasteiger partial charge < -0.3 is 0 Å². The Bertz CT molecular complexity index is 1230. The van der Waals surface area contributed by atoms with Crippen LogP contribution < -0.4 is 0 Å². The fourth-order valence-electron chi connectivity index (χ4n) is 2.52. The maximum absolute atomic E-state index is 11.8. The SMILES string of the molecule is C=C(C)c1c(S(=O)(=O)O)c(S(=O)(=O)O)c(S(=O)(=O)O)c2ccccc12.[Ca]. The van der Waals surface area contributed by atoms with Gasteiger partial charge in [0.1, 0.15) is 14.7 Å². The molecule has 0 saturated carbocycles. The first-order chi connectivity index (χ1) is 11.2. The van der Waals surface area contributed by atoms with Crippen LogP contribution in [0.3, 0.4) is 0 Å². The third kappa shape index (κ3) is 4.29. The Morgan fingerprint density at radius 1 is 0.769 bits per heavy atom. The maximum atomic E-state index is 11.8. The molecular formula is C13H12CaO9S3. The molecule has 26 heavy (non-hydrogen) atoms. The van der Waals surface area contributed by atoms with E-state index in [2.05, 4.69) is 6.58 Å². The van der Waals surface area contributed by atoms with Gasteiger partial charge in [0.15, 0.2) is 0 Å². The summed E-state index contributed by atoms with van der Waals surface area (Å²) in [5.74, 6) is 0. The summed E-state index contributed by atoms with van der Waals surface area (Å²) in [4.78, 5) is -4.38. The van der Waals surface area contributed by atoms with Crippen molar-refractivity contribution in [3.8, 4) is 0 Å². The third-order valence-electron chi connectivity index (χ3n) is 3.28. The molecule has 0 heterocycles. The second kappa shape index (κ2) is 7.45. The monoisotopic (exact) mass is 448 g/mol. The molecule has 0 bridgehead atoms. The van der Waals surface area contributed by atoms with Gasteiger partial charge in [0.25, 0.3) is 30.4 Å². The molecule has 0 aromatic heterocycles. The van der Waals surface area contributed by atoms with Crippen molar-refractivity contribution in [2.75, 3.05) is 0 Å². The van der Waals surface area contributed by atoms with Gasteiger partial charge in [0.05, 0.1) is 0 Å². The van der Waals surface area contributed by atoms with E-state index in [1.54, 1.807) is 0 Å². The van der Waals surface area contributed by atoms with Gasteiger partial charge in [-0.3, -0.25) is 13.7 Å². The molecule has 0 aliphatic heterocycles. The Labute approximate surface area is 180 Å². The van der Waals surface area contributed by atoms with Crippen LogP contribution in [0.5, 0.6) is 0 Å². The smallest absolute Gasteiger partial charge is 0.282 e. The number of fused-ring (bicyclic) bond motifs is 1. The van der Waals surface area contributed by atoms with E-state index in [0.29, 0.717) is 0 Å². The Morgan fingerprint density at radius 3 is 1.50 bits per heavy atom. The fourth-order valence-corrected chi connectivity index (χ4v) is 6.20. The number of rotatable bonds is 4. The van der Waals surface area contributed by atoms with Gasteiger partial charge in [-0.05, 0) is 17.9 Å². The molecule has 13 heteroatoms. The molecule has 2 aromatic carbocycles. The van der Waals surface area contributed by atoms with Crippen LogP contribution in [0.1, 0.15) is 12.5 Å². The van der Waals surface area contributed by atoms with E-state index in [-0.39, 0.29) is 54.1 Å². The molecule has 2 rings (SSSR count). The van der Waals surface area contributed by atoms with Crippen molar-refractivity contribution in [3.05, 3.63) is 36.4 Å². The largest absolute Gasteiger partial charge is 0.297 e. The van der Waals surface area contributed by atoms with Crippen LogP contribution in [-0.4, -0.2) is 76.6 Å². The average molecular weight is 449 g/mol. The summed E-state index contributed by atoms with van der Waals surface area (Å²) in [7, 11) is -16.2. The summed E-state index contributed by atoms with van der Waals surface area (Å²) in [5.41, 5.74) is -0.436. The van der Waals surface area contributed by atoms with Gasteiger partial charge >= 0.3 is 0 Å². The van der Waals surface area contributed by atoms with Crippen molar-refractivity contribution in [2.45, 2.75) is 21.6 Å². The van der Waals surface area contributed by atoms with E-state index in [1.807, 2.05) is 0 Å². The summed E-state index contributed by atoms with van der Waals surface area (Å²) in [6, 6.07) is 5.05. The molecule has 9 nitrogen and oxygen atoms in total. The summed E-state index contributed by atoms with van der Waals surface area (Å²) in [6.07, 6.45) is 0. The van der Waals surface area contributed by atoms with Gasteiger partial charge in [0, 0.05) is 48.7 Å². The van der Waals surface area contributed by atoms with Crippen molar-refractivity contribution in [1.82, 2.24) is 0 Å². The Balaban J connectivity index is 0.00000338. The van der Waals surface area contributed by atoms with Gasteiger partial charge in [-0.1, -0.05) is 30.8 Å². The minimum absolute atomic E-state index is 0. The quantitative estimate of drug-likeness (QED) is 0.461. The molecule has 2 aromatic rings. The molecule has 0 aliphatic carbocycles. The van der Waals surface area contributed by atoms with Crippen molar-refractivity contribution in [3.63, 3.8) is 0 Å². The Kier molecular flexibility index (Phi) is 6.72. The average Bonchev–Trinajstić information content (AvgIpc) is 2.41. The van der Waals surface area contributed by atoms with Gasteiger partial charge in [-0.25, -0.2) is 0 Å². The second-order valence-corrected chi connectivity index (χ2v) is 9.19. The zero-order valence-corrected chi connectivity index (χ0v) is 17.9. The Hall–Kier alpha value is -0.570. The van der Waals surface area contributed by atoms with Gasteiger partial charge in [-0.15, -0.1) is 0 Å². The molecular weight excluding hydrogens is 436 g/mol. The molecule has 3 N–H and O–H groups in total. The van der Waals surface area contributed by atoms with E-state index in [4.69, 9.17) is 0 Å². The third-order valence-corrected chi connectivity index (χ3v) is 6.33. The zero-order chi connectivity index (χ0) is 19.4. The summed E-state index contributed by atoms with van der Waals surface area (Å²) in [5, 5.41) is -0.481. The molecule has 0 amide bonds. The first kappa shape index (κ1) is 23.5. The van der Waals surface area contributed by atoms with Crippen molar-refractivity contribution < 1.29 is 38.9 Å². The van der Waals surface area contributed by atoms with Crippen LogP contribution in [-0.2, 0) is 30.4 Å². The van der Waals surface area contributed by atoms with Crippen LogP contribution in [0.2, 0.25) is 0 Å². The van der Waals surface area contributed by atoms with Gasteiger partial charge in [-0.2, -0.15) is 25.3 Å². The van der Waals surface area contributed by atoms with E-state index in [0.717, 1.165) is 6.07 Å². The topological polar surface area (TPSA) is 163 Å². The van der Waals surface area contributed by atoms with Gasteiger partial charge in [0.2, 0.25) is 0 Å². The van der Waals surface area contributed by atoms with E-state index in [1.165, 1.54) is 25.1 Å². The van der Waals surface area contributed by atoms with Crippen molar-refractivity contribution in [1.29, 1.82) is 0 Å². The predicted octanol–water partition coefficient (Wildman–Crippen LogP) is 1.23. The normalized spacial score (nSPS) is 12.6. The molecule has 0 saturated heterocycles. The molecule has 0 unspecified atom stereocenters. The number of allylic oxidation sites excluding steroid dienone is 1. The van der Waals surface area contributed by atoms with Crippen LogP contribution in [0.15, 0.2) is 45.5 Å². The summed E-state index contributed by atoms with van der Waals surface area (Å²) < 4.78 is 99.0. The Morgan fingerprint density at radius 2 is 1.15 bits per heavy atom. The second-order valence-electron chi connectivity index (χ2n) is 5.11. The molecule has 0 spiro atoms. The van der Waals surface area contributed by atoms with E-state index >= 15 is 0 Å². The number of hydrogen-bond donors (Lipinski definition) is 3. The van der Waals surface area contributed by atoms with Crippen molar-refractivity contribution in [2.24, 2.45) is 0 Å². The molecule has 138 valence electrons. The van der Waals surface area contributed by atoms with Crippen LogP contribution >= 0.6 is 0 Å². The fraction of sp³-hybridized carbons (Fsp3) is 0.0769. The number of benzene rings is 2. The van der Waals surface area contributed by atoms with E-state index < -0.39 is 50.6 Å². The zero-order valence-electron chi connectivity index (χ0n) is 13.2. The predicted molar refractivity (Wildman–Crippen MR) is 93.9 cm³/mol. The molecule has 2 radical (unpaired) electrons. The van der Waals surface area contributed by atoms with Crippen LogP contribution in [0.4, 0.5) is 0 Å². The maximum Gasteiger partial charge on any atom is 0.297 e. The summed E-state index contributed by atoms with van der Waals surface area (Å²) >= 11 is 0. The standard InChI is InChI=1S/C13H12O9S3.Ca/c1-7(2)10-8-5-3-4-6-9(8)11(23(14,15)16)13(25(20,21)22)12(10)24(17,18)19;/h3-6H,1H2,2H3,(H,14,15,16)(H,17,18,19)(H,20,21,22);. The van der Waals surface area contributed by atoms with E-state index in [9.17, 15) is 38.9 Å². The first-order valence-electron chi connectivity index (χ1n) is 6.34.